The van der Waals surface area contributed by atoms with E-state index >= 15 is 0 Å². The third-order valence-corrected chi connectivity index (χ3v) is 6.43. The summed E-state index contributed by atoms with van der Waals surface area (Å²) in [4.78, 5) is 38.3. The molecule has 1 fully saturated rings. The molecule has 10 nitrogen and oxygen atoms in total. The Morgan fingerprint density at radius 2 is 1.83 bits per heavy atom. The van der Waals surface area contributed by atoms with Crippen molar-refractivity contribution in [3.63, 3.8) is 0 Å². The molecule has 4 N–H and O–H groups in total. The molecule has 0 bridgehead atoms. The number of ether oxygens (including phenoxy) is 1. The number of aliphatic hydroxyl groups excluding tert-OH is 1. The van der Waals surface area contributed by atoms with Crippen molar-refractivity contribution in [2.24, 2.45) is 0 Å². The van der Waals surface area contributed by atoms with Gasteiger partial charge in [0.2, 0.25) is 0 Å². The number of aromatic hydroxyl groups is 1. The first kappa shape index (κ1) is 24.8. The first-order valence-corrected chi connectivity index (χ1v) is 11.6. The smallest absolute Gasteiger partial charge is 0.349 e. The fourth-order valence-electron chi connectivity index (χ4n) is 4.04. The topological polar surface area (TPSA) is 147 Å². The Balaban J connectivity index is 1.60. The van der Waals surface area contributed by atoms with Crippen LogP contribution >= 0.6 is 23.2 Å². The molecule has 0 saturated heterocycles. The quantitative estimate of drug-likeness (QED) is 0.390. The summed E-state index contributed by atoms with van der Waals surface area (Å²) >= 11 is 12.7. The summed E-state index contributed by atoms with van der Waals surface area (Å²) in [7, 11) is 0. The van der Waals surface area contributed by atoms with Crippen LogP contribution in [0.5, 0.6) is 17.2 Å². The monoisotopic (exact) mass is 520 g/mol. The van der Waals surface area contributed by atoms with Gasteiger partial charge in [-0.05, 0) is 43.2 Å². The van der Waals surface area contributed by atoms with Crippen molar-refractivity contribution in [3.8, 4) is 22.9 Å². The number of benzene rings is 2. The summed E-state index contributed by atoms with van der Waals surface area (Å²) in [5, 5.41) is 26.9. The number of hydrogen-bond donors (Lipinski definition) is 4. The molecule has 1 aromatic heterocycles. The molecule has 0 spiro atoms. The van der Waals surface area contributed by atoms with Gasteiger partial charge in [0, 0.05) is 0 Å². The van der Waals surface area contributed by atoms with Crippen LogP contribution in [0, 0.1) is 0 Å². The zero-order valence-corrected chi connectivity index (χ0v) is 19.9. The van der Waals surface area contributed by atoms with Crippen molar-refractivity contribution < 1.29 is 19.7 Å². The Bertz CT molecular complexity index is 1360. The number of carbonyl (C=O) groups is 1. The number of rotatable bonds is 6. The first-order chi connectivity index (χ1) is 16.7. The molecule has 0 radical (unpaired) electrons. The molecular weight excluding hydrogens is 499 g/mol. The minimum atomic E-state index is -0.772. The van der Waals surface area contributed by atoms with Crippen LogP contribution in [0.3, 0.4) is 0 Å². The van der Waals surface area contributed by atoms with Gasteiger partial charge in [0.05, 0.1) is 33.4 Å². The SMILES string of the molecule is O=C(NC1(CO)CCCCC1)c1cc(Oc2c(Cl)cc(-n3ncc(=O)[nH]c3=O)cc2Cl)ccc1O. The van der Waals surface area contributed by atoms with Gasteiger partial charge in [-0.1, -0.05) is 42.5 Å². The molecule has 1 heterocycles. The van der Waals surface area contributed by atoms with E-state index in [-0.39, 0.29) is 45.2 Å². The van der Waals surface area contributed by atoms with Gasteiger partial charge >= 0.3 is 5.69 Å². The average Bonchev–Trinajstić information content (AvgIpc) is 2.82. The molecule has 1 aliphatic carbocycles. The zero-order valence-electron chi connectivity index (χ0n) is 18.4. The molecule has 1 saturated carbocycles. The van der Waals surface area contributed by atoms with E-state index in [0.717, 1.165) is 30.1 Å². The lowest BCUT2D eigenvalue weighted by atomic mass is 9.82. The molecule has 1 amide bonds. The predicted molar refractivity (Wildman–Crippen MR) is 129 cm³/mol. The van der Waals surface area contributed by atoms with E-state index in [1.165, 1.54) is 30.3 Å². The maximum Gasteiger partial charge on any atom is 0.349 e. The third kappa shape index (κ3) is 5.34. The van der Waals surface area contributed by atoms with E-state index in [1.807, 2.05) is 0 Å². The number of aromatic nitrogens is 3. The number of amides is 1. The summed E-state index contributed by atoms with van der Waals surface area (Å²) in [5.74, 6) is -0.578. The summed E-state index contributed by atoms with van der Waals surface area (Å²) in [6, 6.07) is 6.82. The van der Waals surface area contributed by atoms with Crippen molar-refractivity contribution in [2.75, 3.05) is 6.61 Å². The van der Waals surface area contributed by atoms with Crippen molar-refractivity contribution in [1.82, 2.24) is 20.1 Å². The number of hydrogen-bond acceptors (Lipinski definition) is 7. The van der Waals surface area contributed by atoms with Crippen molar-refractivity contribution in [3.05, 3.63) is 73.0 Å². The lowest BCUT2D eigenvalue weighted by Crippen LogP contribution is -2.52. The first-order valence-electron chi connectivity index (χ1n) is 10.8. The standard InChI is InChI=1S/C23H22Cl2N4O6/c24-16-8-13(29-22(34)27-19(32)11-26-29)9-17(25)20(16)35-14-4-5-18(31)15(10-14)21(33)28-23(12-30)6-2-1-3-7-23/h4-5,8-11,30-31H,1-3,6-7,12H2,(H,28,33)(H,27,32,34). The van der Waals surface area contributed by atoms with Crippen LogP contribution in [-0.4, -0.2) is 43.0 Å². The Hall–Kier alpha value is -3.34. The second-order valence-corrected chi connectivity index (χ2v) is 9.14. The van der Waals surface area contributed by atoms with Gasteiger partial charge in [0.25, 0.3) is 11.5 Å². The predicted octanol–water partition coefficient (Wildman–Crippen LogP) is 3.15. The van der Waals surface area contributed by atoms with Crippen LogP contribution in [-0.2, 0) is 0 Å². The Morgan fingerprint density at radius 3 is 2.46 bits per heavy atom. The highest BCUT2D eigenvalue weighted by Gasteiger charge is 2.33. The van der Waals surface area contributed by atoms with Crippen molar-refractivity contribution >= 4 is 29.1 Å². The molecule has 184 valence electrons. The fourth-order valence-corrected chi connectivity index (χ4v) is 4.59. The molecule has 3 aromatic rings. The molecule has 0 atom stereocenters. The Kier molecular flexibility index (Phi) is 7.15. The summed E-state index contributed by atoms with van der Waals surface area (Å²) in [6.07, 6.45) is 5.06. The molecule has 0 unspecified atom stereocenters. The minimum absolute atomic E-state index is 0.0336. The third-order valence-electron chi connectivity index (χ3n) is 5.87. The maximum atomic E-state index is 12.9. The number of H-pyrrole nitrogens is 1. The Labute approximate surface area is 209 Å². The number of halogens is 2. The average molecular weight is 521 g/mol. The van der Waals surface area contributed by atoms with E-state index in [4.69, 9.17) is 27.9 Å². The summed E-state index contributed by atoms with van der Waals surface area (Å²) in [5.41, 5.74) is -1.99. The number of phenolic OH excluding ortho intramolecular Hbond substituents is 1. The molecule has 1 aliphatic rings. The highest BCUT2D eigenvalue weighted by atomic mass is 35.5. The lowest BCUT2D eigenvalue weighted by Gasteiger charge is -2.36. The van der Waals surface area contributed by atoms with Gasteiger partial charge in [-0.2, -0.15) is 9.78 Å². The normalized spacial score (nSPS) is 14.9. The number of aliphatic hydroxyl groups is 1. The van der Waals surface area contributed by atoms with Crippen LogP contribution in [0.4, 0.5) is 0 Å². The number of nitrogens with one attached hydrogen (secondary N) is 2. The van der Waals surface area contributed by atoms with Gasteiger partial charge in [-0.25, -0.2) is 4.79 Å². The highest BCUT2D eigenvalue weighted by molar-refractivity contribution is 6.37. The van der Waals surface area contributed by atoms with E-state index < -0.39 is 22.7 Å². The Morgan fingerprint density at radius 1 is 1.14 bits per heavy atom. The van der Waals surface area contributed by atoms with Crippen LogP contribution in [0.1, 0.15) is 42.5 Å². The van der Waals surface area contributed by atoms with Gasteiger partial charge < -0.3 is 20.3 Å². The second-order valence-electron chi connectivity index (χ2n) is 8.32. The second kappa shape index (κ2) is 10.1. The molecule has 2 aromatic carbocycles. The van der Waals surface area contributed by atoms with Gasteiger partial charge in [0.15, 0.2) is 5.75 Å². The van der Waals surface area contributed by atoms with E-state index in [0.29, 0.717) is 12.8 Å². The number of carbonyl (C=O) groups excluding carboxylic acids is 1. The van der Waals surface area contributed by atoms with Crippen molar-refractivity contribution in [2.45, 2.75) is 37.6 Å². The minimum Gasteiger partial charge on any atom is -0.507 e. The van der Waals surface area contributed by atoms with E-state index in [1.54, 1.807) is 0 Å². The molecular formula is C23H22Cl2N4O6. The van der Waals surface area contributed by atoms with Crippen molar-refractivity contribution in [1.29, 1.82) is 0 Å². The van der Waals surface area contributed by atoms with Gasteiger partial charge in [-0.15, -0.1) is 0 Å². The van der Waals surface area contributed by atoms with Gasteiger partial charge in [-0.3, -0.25) is 14.6 Å². The largest absolute Gasteiger partial charge is 0.507 e. The summed E-state index contributed by atoms with van der Waals surface area (Å²) in [6.45, 7) is -0.194. The van der Waals surface area contributed by atoms with Crippen LogP contribution in [0.2, 0.25) is 10.0 Å². The fraction of sp³-hybridized carbons (Fsp3) is 0.304. The highest BCUT2D eigenvalue weighted by Crippen LogP contribution is 2.39. The van der Waals surface area contributed by atoms with Gasteiger partial charge in [0.1, 0.15) is 17.7 Å². The number of phenols is 1. The molecule has 12 heteroatoms. The van der Waals surface area contributed by atoms with E-state index in [9.17, 15) is 24.6 Å². The molecule has 35 heavy (non-hydrogen) atoms. The summed E-state index contributed by atoms with van der Waals surface area (Å²) < 4.78 is 6.71. The molecule has 4 rings (SSSR count). The maximum absolute atomic E-state index is 12.9. The number of aromatic amines is 1. The van der Waals surface area contributed by atoms with Crippen LogP contribution < -0.4 is 21.3 Å². The lowest BCUT2D eigenvalue weighted by molar-refractivity contribution is 0.0756. The number of nitrogens with zero attached hydrogens (tertiary/aromatic N) is 2. The van der Waals surface area contributed by atoms with E-state index in [2.05, 4.69) is 15.4 Å². The van der Waals surface area contributed by atoms with Crippen LogP contribution in [0.25, 0.3) is 5.69 Å². The molecule has 0 aliphatic heterocycles. The van der Waals surface area contributed by atoms with Crippen LogP contribution in [0.15, 0.2) is 46.1 Å². The zero-order chi connectivity index (χ0) is 25.2.